The molecule has 4 rings (SSSR count). The summed E-state index contributed by atoms with van der Waals surface area (Å²) in [5.41, 5.74) is 2.58. The van der Waals surface area contributed by atoms with Crippen LogP contribution in [0.3, 0.4) is 0 Å². The number of carbonyl (C=O) groups is 1. The fourth-order valence-electron chi connectivity index (χ4n) is 3.28. The molecule has 0 saturated carbocycles. The summed E-state index contributed by atoms with van der Waals surface area (Å²) in [5, 5.41) is 3.15. The summed E-state index contributed by atoms with van der Waals surface area (Å²) in [4.78, 5) is 16.6. The van der Waals surface area contributed by atoms with Gasteiger partial charge in [0.15, 0.2) is 0 Å². The lowest BCUT2D eigenvalue weighted by Gasteiger charge is -2.11. The van der Waals surface area contributed by atoms with Crippen LogP contribution >= 0.6 is 0 Å². The van der Waals surface area contributed by atoms with Gasteiger partial charge in [0.1, 0.15) is 36.5 Å². The zero-order valence-corrected chi connectivity index (χ0v) is 16.4. The van der Waals surface area contributed by atoms with Gasteiger partial charge in [0.25, 0.3) is 0 Å². The van der Waals surface area contributed by atoms with E-state index in [0.717, 1.165) is 42.0 Å². The molecule has 6 heteroatoms. The molecular weight excluding hydrogens is 368 g/mol. The normalized spacial score (nSPS) is 16.0. The quantitative estimate of drug-likeness (QED) is 0.612. The number of aryl methyl sites for hydroxylation is 1. The third-order valence-corrected chi connectivity index (χ3v) is 4.91. The first-order chi connectivity index (χ1) is 14.2. The molecule has 150 valence electrons. The number of rotatable bonds is 7. The van der Waals surface area contributed by atoms with Crippen LogP contribution in [0.4, 0.5) is 0 Å². The molecule has 1 N–H and O–H groups in total. The Morgan fingerprint density at radius 2 is 2.03 bits per heavy atom. The van der Waals surface area contributed by atoms with Crippen molar-refractivity contribution in [1.82, 2.24) is 10.3 Å². The SMILES string of the molecule is Cc1oc(-c2ccccc2)nc1COc1cccc(COC(=O)C2CCCN2)c1. The number of hydrogen-bond donors (Lipinski definition) is 1. The van der Waals surface area contributed by atoms with E-state index in [1.54, 1.807) is 0 Å². The number of hydrogen-bond acceptors (Lipinski definition) is 6. The van der Waals surface area contributed by atoms with Crippen LogP contribution in [0.15, 0.2) is 59.0 Å². The smallest absolute Gasteiger partial charge is 0.323 e. The minimum absolute atomic E-state index is 0.177. The molecule has 2 aromatic carbocycles. The Balaban J connectivity index is 1.35. The number of esters is 1. The predicted molar refractivity (Wildman–Crippen MR) is 108 cm³/mol. The van der Waals surface area contributed by atoms with Crippen molar-refractivity contribution in [1.29, 1.82) is 0 Å². The van der Waals surface area contributed by atoms with Gasteiger partial charge < -0.3 is 19.2 Å². The molecule has 0 amide bonds. The first kappa shape index (κ1) is 19.2. The summed E-state index contributed by atoms with van der Waals surface area (Å²) < 4.78 is 17.1. The molecule has 1 saturated heterocycles. The molecule has 0 bridgehead atoms. The number of nitrogens with zero attached hydrogens (tertiary/aromatic N) is 1. The van der Waals surface area contributed by atoms with E-state index in [1.807, 2.05) is 61.5 Å². The monoisotopic (exact) mass is 392 g/mol. The van der Waals surface area contributed by atoms with E-state index in [4.69, 9.17) is 13.9 Å². The third-order valence-electron chi connectivity index (χ3n) is 4.91. The number of aromatic nitrogens is 1. The Labute approximate surface area is 169 Å². The van der Waals surface area contributed by atoms with E-state index in [-0.39, 0.29) is 18.6 Å². The van der Waals surface area contributed by atoms with Gasteiger partial charge in [-0.15, -0.1) is 0 Å². The van der Waals surface area contributed by atoms with Gasteiger partial charge in [-0.25, -0.2) is 4.98 Å². The van der Waals surface area contributed by atoms with Crippen molar-refractivity contribution in [2.24, 2.45) is 0 Å². The number of oxazole rings is 1. The van der Waals surface area contributed by atoms with Gasteiger partial charge >= 0.3 is 5.97 Å². The summed E-state index contributed by atoms with van der Waals surface area (Å²) >= 11 is 0. The van der Waals surface area contributed by atoms with Crippen LogP contribution in [0, 0.1) is 6.92 Å². The van der Waals surface area contributed by atoms with E-state index in [9.17, 15) is 4.79 Å². The molecule has 1 atom stereocenters. The van der Waals surface area contributed by atoms with Crippen molar-refractivity contribution in [3.8, 4) is 17.2 Å². The molecule has 6 nitrogen and oxygen atoms in total. The van der Waals surface area contributed by atoms with Crippen molar-refractivity contribution < 1.29 is 18.7 Å². The Morgan fingerprint density at radius 1 is 1.17 bits per heavy atom. The Kier molecular flexibility index (Phi) is 5.91. The van der Waals surface area contributed by atoms with Gasteiger partial charge in [-0.3, -0.25) is 4.79 Å². The lowest BCUT2D eigenvalue weighted by molar-refractivity contribution is -0.147. The van der Waals surface area contributed by atoms with E-state index >= 15 is 0 Å². The second kappa shape index (κ2) is 8.92. The van der Waals surface area contributed by atoms with E-state index in [1.165, 1.54) is 0 Å². The number of benzene rings is 2. The van der Waals surface area contributed by atoms with Crippen molar-refractivity contribution in [2.75, 3.05) is 6.54 Å². The van der Waals surface area contributed by atoms with E-state index in [0.29, 0.717) is 18.2 Å². The third kappa shape index (κ3) is 4.84. The summed E-state index contributed by atoms with van der Waals surface area (Å²) in [5.74, 6) is 1.82. The Hall–Kier alpha value is -3.12. The first-order valence-electron chi connectivity index (χ1n) is 9.82. The van der Waals surface area contributed by atoms with Crippen molar-refractivity contribution in [3.63, 3.8) is 0 Å². The van der Waals surface area contributed by atoms with Gasteiger partial charge in [-0.1, -0.05) is 30.3 Å². The van der Waals surface area contributed by atoms with Crippen LogP contribution in [-0.4, -0.2) is 23.5 Å². The molecule has 3 aromatic rings. The van der Waals surface area contributed by atoms with Crippen LogP contribution in [0.2, 0.25) is 0 Å². The largest absolute Gasteiger partial charge is 0.487 e. The van der Waals surface area contributed by atoms with Gasteiger partial charge in [0.2, 0.25) is 5.89 Å². The highest BCUT2D eigenvalue weighted by molar-refractivity contribution is 5.76. The second-order valence-corrected chi connectivity index (χ2v) is 7.08. The standard InChI is InChI=1S/C23H24N2O4/c1-16-21(25-22(29-16)18-8-3-2-4-9-18)15-27-19-10-5-7-17(13-19)14-28-23(26)20-11-6-12-24-20/h2-5,7-10,13,20,24H,6,11-12,14-15H2,1H3. The average molecular weight is 392 g/mol. The summed E-state index contributed by atoms with van der Waals surface area (Å²) in [6, 6.07) is 17.2. The lowest BCUT2D eigenvalue weighted by Crippen LogP contribution is -2.32. The second-order valence-electron chi connectivity index (χ2n) is 7.08. The molecule has 0 aliphatic carbocycles. The topological polar surface area (TPSA) is 73.6 Å². The van der Waals surface area contributed by atoms with Gasteiger partial charge in [-0.05, 0) is 56.1 Å². The Bertz CT molecular complexity index is 962. The van der Waals surface area contributed by atoms with Gasteiger partial charge in [0.05, 0.1) is 0 Å². The molecule has 1 unspecified atom stereocenters. The van der Waals surface area contributed by atoms with Gasteiger partial charge in [0, 0.05) is 5.56 Å². The van der Waals surface area contributed by atoms with E-state index in [2.05, 4.69) is 10.3 Å². The number of nitrogens with one attached hydrogen (secondary N) is 1. The summed E-state index contributed by atoms with van der Waals surface area (Å²) in [6.45, 7) is 3.29. The molecule has 1 aliphatic rings. The maximum absolute atomic E-state index is 12.0. The fourth-order valence-corrected chi connectivity index (χ4v) is 3.28. The van der Waals surface area contributed by atoms with Crippen molar-refractivity contribution in [2.45, 2.75) is 39.0 Å². The van der Waals surface area contributed by atoms with Crippen LogP contribution in [0.5, 0.6) is 5.75 Å². The molecule has 1 aliphatic heterocycles. The molecule has 1 aromatic heterocycles. The number of carbonyl (C=O) groups excluding carboxylic acids is 1. The molecule has 0 spiro atoms. The van der Waals surface area contributed by atoms with Crippen LogP contribution in [0.1, 0.15) is 29.9 Å². The highest BCUT2D eigenvalue weighted by Gasteiger charge is 2.23. The molecule has 1 fully saturated rings. The van der Waals surface area contributed by atoms with Crippen LogP contribution < -0.4 is 10.1 Å². The summed E-state index contributed by atoms with van der Waals surface area (Å²) in [7, 11) is 0. The molecule has 29 heavy (non-hydrogen) atoms. The lowest BCUT2D eigenvalue weighted by atomic mass is 10.2. The molecular formula is C23H24N2O4. The summed E-state index contributed by atoms with van der Waals surface area (Å²) in [6.07, 6.45) is 1.85. The highest BCUT2D eigenvalue weighted by atomic mass is 16.5. The highest BCUT2D eigenvalue weighted by Crippen LogP contribution is 2.23. The van der Waals surface area contributed by atoms with Gasteiger partial charge in [-0.2, -0.15) is 0 Å². The average Bonchev–Trinajstić information content (AvgIpc) is 3.42. The van der Waals surface area contributed by atoms with Crippen LogP contribution in [0.25, 0.3) is 11.5 Å². The zero-order chi connectivity index (χ0) is 20.1. The van der Waals surface area contributed by atoms with Crippen molar-refractivity contribution >= 4 is 5.97 Å². The minimum Gasteiger partial charge on any atom is -0.487 e. The van der Waals surface area contributed by atoms with Crippen LogP contribution in [-0.2, 0) is 22.7 Å². The minimum atomic E-state index is -0.194. The maximum atomic E-state index is 12.0. The fraction of sp³-hybridized carbons (Fsp3) is 0.304. The molecule has 0 radical (unpaired) electrons. The van der Waals surface area contributed by atoms with Crippen molar-refractivity contribution in [3.05, 3.63) is 71.6 Å². The van der Waals surface area contributed by atoms with E-state index < -0.39 is 0 Å². The number of ether oxygens (including phenoxy) is 2. The maximum Gasteiger partial charge on any atom is 0.323 e. The predicted octanol–water partition coefficient (Wildman–Crippen LogP) is 4.02. The Morgan fingerprint density at radius 3 is 2.83 bits per heavy atom. The zero-order valence-electron chi connectivity index (χ0n) is 16.4. The molecule has 2 heterocycles. The first-order valence-corrected chi connectivity index (χ1v) is 9.82.